The molecule has 2 aromatic rings. The van der Waals surface area contributed by atoms with Crippen molar-refractivity contribution >= 4 is 12.1 Å². The standard InChI is InChI=1S/C17H16F2N2O4/c1-23-13-6-8-14(9-7-13)24-11-16(22)21-20-10-12-4-2-3-5-15(12)25-17(18)19/h2-10,17H,11H2,1H3,(H,21,22)/b20-10+. The Hall–Kier alpha value is -3.16. The quantitative estimate of drug-likeness (QED) is 0.587. The maximum absolute atomic E-state index is 12.3. The number of amides is 1. The Morgan fingerprint density at radius 2 is 1.84 bits per heavy atom. The van der Waals surface area contributed by atoms with Gasteiger partial charge in [0.15, 0.2) is 6.61 Å². The smallest absolute Gasteiger partial charge is 0.387 e. The Labute approximate surface area is 143 Å². The first kappa shape index (κ1) is 18.2. The second-order valence-electron chi connectivity index (χ2n) is 4.67. The SMILES string of the molecule is COc1ccc(OCC(=O)N/N=C/c2ccccc2OC(F)F)cc1. The second-order valence-corrected chi connectivity index (χ2v) is 4.67. The summed E-state index contributed by atoms with van der Waals surface area (Å²) < 4.78 is 39.2. The Kier molecular flexibility index (Phi) is 6.70. The Balaban J connectivity index is 1.84. The predicted molar refractivity (Wildman–Crippen MR) is 87.3 cm³/mol. The van der Waals surface area contributed by atoms with Gasteiger partial charge in [0.2, 0.25) is 0 Å². The minimum Gasteiger partial charge on any atom is -0.497 e. The molecule has 0 atom stereocenters. The van der Waals surface area contributed by atoms with Crippen LogP contribution in [-0.2, 0) is 4.79 Å². The number of hydrazone groups is 1. The number of ether oxygens (including phenoxy) is 3. The number of rotatable bonds is 8. The van der Waals surface area contributed by atoms with Crippen molar-refractivity contribution in [2.24, 2.45) is 5.10 Å². The van der Waals surface area contributed by atoms with Crippen LogP contribution >= 0.6 is 0 Å². The zero-order chi connectivity index (χ0) is 18.1. The van der Waals surface area contributed by atoms with E-state index in [4.69, 9.17) is 9.47 Å². The number of hydrogen-bond acceptors (Lipinski definition) is 5. The van der Waals surface area contributed by atoms with Crippen LogP contribution in [0.15, 0.2) is 53.6 Å². The Morgan fingerprint density at radius 3 is 2.52 bits per heavy atom. The van der Waals surface area contributed by atoms with Crippen molar-refractivity contribution in [1.82, 2.24) is 5.43 Å². The van der Waals surface area contributed by atoms with Crippen LogP contribution < -0.4 is 19.6 Å². The van der Waals surface area contributed by atoms with Gasteiger partial charge in [-0.1, -0.05) is 12.1 Å². The molecule has 0 aliphatic heterocycles. The Bertz CT molecular complexity index is 721. The molecule has 0 fully saturated rings. The molecule has 132 valence electrons. The van der Waals surface area contributed by atoms with Gasteiger partial charge in [0.1, 0.15) is 17.2 Å². The van der Waals surface area contributed by atoms with Crippen LogP contribution in [0, 0.1) is 0 Å². The second kappa shape index (κ2) is 9.21. The molecule has 0 heterocycles. The average Bonchev–Trinajstić information content (AvgIpc) is 2.61. The van der Waals surface area contributed by atoms with Crippen LogP contribution in [-0.4, -0.2) is 32.4 Å². The fraction of sp³-hybridized carbons (Fsp3) is 0.176. The zero-order valence-corrected chi connectivity index (χ0v) is 13.3. The van der Waals surface area contributed by atoms with Gasteiger partial charge >= 0.3 is 6.61 Å². The monoisotopic (exact) mass is 350 g/mol. The average molecular weight is 350 g/mol. The molecule has 2 rings (SSSR count). The fourth-order valence-electron chi connectivity index (χ4n) is 1.82. The summed E-state index contributed by atoms with van der Waals surface area (Å²) in [5.74, 6) is 0.631. The van der Waals surface area contributed by atoms with E-state index in [9.17, 15) is 13.6 Å². The number of hydrogen-bond donors (Lipinski definition) is 1. The lowest BCUT2D eigenvalue weighted by Crippen LogP contribution is -2.24. The van der Waals surface area contributed by atoms with E-state index in [1.54, 1.807) is 43.5 Å². The van der Waals surface area contributed by atoms with E-state index in [1.807, 2.05) is 0 Å². The van der Waals surface area contributed by atoms with E-state index < -0.39 is 12.5 Å². The lowest BCUT2D eigenvalue weighted by molar-refractivity contribution is -0.123. The van der Waals surface area contributed by atoms with E-state index in [2.05, 4.69) is 15.3 Å². The minimum atomic E-state index is -2.94. The van der Waals surface area contributed by atoms with Gasteiger partial charge in [-0.25, -0.2) is 5.43 Å². The largest absolute Gasteiger partial charge is 0.497 e. The molecule has 0 spiro atoms. The van der Waals surface area contributed by atoms with Crippen LogP contribution in [0.25, 0.3) is 0 Å². The van der Waals surface area contributed by atoms with Crippen LogP contribution in [0.5, 0.6) is 17.2 Å². The van der Waals surface area contributed by atoms with Gasteiger partial charge in [-0.15, -0.1) is 0 Å². The van der Waals surface area contributed by atoms with E-state index in [1.165, 1.54) is 18.3 Å². The summed E-state index contributed by atoms with van der Waals surface area (Å²) in [6.07, 6.45) is 1.21. The minimum absolute atomic E-state index is 0.0371. The van der Waals surface area contributed by atoms with Gasteiger partial charge in [-0.05, 0) is 36.4 Å². The van der Waals surface area contributed by atoms with Crippen molar-refractivity contribution < 1.29 is 27.8 Å². The van der Waals surface area contributed by atoms with Crippen molar-refractivity contribution in [2.75, 3.05) is 13.7 Å². The van der Waals surface area contributed by atoms with Gasteiger partial charge in [0.25, 0.3) is 5.91 Å². The lowest BCUT2D eigenvalue weighted by Gasteiger charge is -2.07. The summed E-state index contributed by atoms with van der Waals surface area (Å²) >= 11 is 0. The molecule has 0 saturated heterocycles. The highest BCUT2D eigenvalue weighted by atomic mass is 19.3. The molecule has 6 nitrogen and oxygen atoms in total. The van der Waals surface area contributed by atoms with Gasteiger partial charge in [0.05, 0.1) is 13.3 Å². The first-order chi connectivity index (χ1) is 12.1. The molecule has 8 heteroatoms. The summed E-state index contributed by atoms with van der Waals surface area (Å²) in [7, 11) is 1.55. The molecule has 1 amide bonds. The molecular weight excluding hydrogens is 334 g/mol. The van der Waals surface area contributed by atoms with Crippen molar-refractivity contribution in [3.63, 3.8) is 0 Å². The summed E-state index contributed by atoms with van der Waals surface area (Å²) in [6.45, 7) is -3.19. The number of nitrogens with one attached hydrogen (secondary N) is 1. The van der Waals surface area contributed by atoms with Crippen molar-refractivity contribution in [3.05, 3.63) is 54.1 Å². The molecule has 0 aromatic heterocycles. The summed E-state index contributed by atoms with van der Waals surface area (Å²) in [6, 6.07) is 12.8. The highest BCUT2D eigenvalue weighted by molar-refractivity contribution is 5.85. The highest BCUT2D eigenvalue weighted by Gasteiger charge is 2.07. The molecule has 0 aliphatic carbocycles. The van der Waals surface area contributed by atoms with Gasteiger partial charge in [-0.2, -0.15) is 13.9 Å². The summed E-state index contributed by atoms with van der Waals surface area (Å²) in [5.41, 5.74) is 2.55. The fourth-order valence-corrected chi connectivity index (χ4v) is 1.82. The van der Waals surface area contributed by atoms with Gasteiger partial charge in [-0.3, -0.25) is 4.79 Å². The number of methoxy groups -OCH3 is 1. The van der Waals surface area contributed by atoms with Crippen LogP contribution in [0.1, 0.15) is 5.56 Å². The highest BCUT2D eigenvalue weighted by Crippen LogP contribution is 2.18. The number of para-hydroxylation sites is 1. The normalized spacial score (nSPS) is 10.7. The number of nitrogens with zero attached hydrogens (tertiary/aromatic N) is 1. The first-order valence-electron chi connectivity index (χ1n) is 7.21. The molecule has 2 aromatic carbocycles. The maximum Gasteiger partial charge on any atom is 0.387 e. The number of carbonyl (C=O) groups excluding carboxylic acids is 1. The van der Waals surface area contributed by atoms with Crippen LogP contribution in [0.3, 0.4) is 0 Å². The van der Waals surface area contributed by atoms with Crippen LogP contribution in [0.4, 0.5) is 8.78 Å². The molecule has 1 N–H and O–H groups in total. The van der Waals surface area contributed by atoms with Crippen molar-refractivity contribution in [1.29, 1.82) is 0 Å². The zero-order valence-electron chi connectivity index (χ0n) is 13.3. The van der Waals surface area contributed by atoms with Crippen LogP contribution in [0.2, 0.25) is 0 Å². The van der Waals surface area contributed by atoms with Crippen molar-refractivity contribution in [2.45, 2.75) is 6.61 Å². The molecule has 0 unspecified atom stereocenters. The number of benzene rings is 2. The summed E-state index contributed by atoms with van der Waals surface area (Å²) in [4.78, 5) is 11.7. The Morgan fingerprint density at radius 1 is 1.16 bits per heavy atom. The van der Waals surface area contributed by atoms with Gasteiger partial charge < -0.3 is 14.2 Å². The molecular formula is C17H16F2N2O4. The number of alkyl halides is 2. The van der Waals surface area contributed by atoms with Gasteiger partial charge in [0, 0.05) is 5.56 Å². The topological polar surface area (TPSA) is 69.2 Å². The maximum atomic E-state index is 12.3. The van der Waals surface area contributed by atoms with E-state index in [-0.39, 0.29) is 12.4 Å². The number of carbonyl (C=O) groups is 1. The number of halogens is 2. The third-order valence-electron chi connectivity index (χ3n) is 2.96. The third kappa shape index (κ3) is 6.09. The predicted octanol–water partition coefficient (Wildman–Crippen LogP) is 2.83. The summed E-state index contributed by atoms with van der Waals surface area (Å²) in [5, 5.41) is 3.70. The molecule has 25 heavy (non-hydrogen) atoms. The molecule has 0 aliphatic rings. The molecule has 0 saturated carbocycles. The third-order valence-corrected chi connectivity index (χ3v) is 2.96. The molecule has 0 bridgehead atoms. The molecule has 0 radical (unpaired) electrons. The van der Waals surface area contributed by atoms with Crippen molar-refractivity contribution in [3.8, 4) is 17.2 Å². The van der Waals surface area contributed by atoms with E-state index >= 15 is 0 Å². The van der Waals surface area contributed by atoms with E-state index in [0.29, 0.717) is 17.1 Å². The first-order valence-corrected chi connectivity index (χ1v) is 7.21. The lowest BCUT2D eigenvalue weighted by atomic mass is 10.2. The van der Waals surface area contributed by atoms with E-state index in [0.717, 1.165) is 0 Å².